The molecule has 0 spiro atoms. The van der Waals surface area contributed by atoms with Gasteiger partial charge in [0.05, 0.1) is 6.20 Å². The van der Waals surface area contributed by atoms with Gasteiger partial charge in [0.15, 0.2) is 0 Å². The first-order valence-corrected chi connectivity index (χ1v) is 9.10. The average molecular weight is 367 g/mol. The van der Waals surface area contributed by atoms with Crippen molar-refractivity contribution in [3.05, 3.63) is 52.8 Å². The molecular weight excluding hydrogens is 350 g/mol. The van der Waals surface area contributed by atoms with Crippen molar-refractivity contribution >= 4 is 28.8 Å². The molecule has 2 N–H and O–H groups in total. The Balaban J connectivity index is 1.68. The molecular formula is C18H17N5O2S. The van der Waals surface area contributed by atoms with Gasteiger partial charge in [-0.1, -0.05) is 6.07 Å². The van der Waals surface area contributed by atoms with Crippen LogP contribution in [0.2, 0.25) is 0 Å². The number of hydrogen-bond acceptors (Lipinski definition) is 5. The van der Waals surface area contributed by atoms with Crippen molar-refractivity contribution < 1.29 is 9.59 Å². The number of rotatable bonds is 3. The Morgan fingerprint density at radius 1 is 1.31 bits per heavy atom. The smallest absolute Gasteiger partial charge is 0.277 e. The van der Waals surface area contributed by atoms with Gasteiger partial charge < -0.3 is 10.6 Å². The van der Waals surface area contributed by atoms with E-state index in [0.717, 1.165) is 34.7 Å². The monoisotopic (exact) mass is 367 g/mol. The van der Waals surface area contributed by atoms with Crippen LogP contribution in [0.5, 0.6) is 0 Å². The second kappa shape index (κ2) is 6.38. The largest absolute Gasteiger partial charge is 0.366 e. The maximum atomic E-state index is 13.0. The van der Waals surface area contributed by atoms with Gasteiger partial charge in [-0.3, -0.25) is 14.3 Å². The van der Waals surface area contributed by atoms with Crippen molar-refractivity contribution in [2.75, 3.05) is 11.4 Å². The van der Waals surface area contributed by atoms with Gasteiger partial charge in [0.2, 0.25) is 5.91 Å². The Kier molecular flexibility index (Phi) is 4.04. The molecule has 0 bridgehead atoms. The van der Waals surface area contributed by atoms with Crippen LogP contribution in [-0.4, -0.2) is 33.1 Å². The summed E-state index contributed by atoms with van der Waals surface area (Å²) >= 11 is 1.41. The average Bonchev–Trinajstić information content (AvgIpc) is 3.29. The molecule has 0 atom stereocenters. The Bertz CT molecular complexity index is 1010. The third kappa shape index (κ3) is 2.78. The van der Waals surface area contributed by atoms with Crippen molar-refractivity contribution in [3.63, 3.8) is 0 Å². The van der Waals surface area contributed by atoms with Crippen LogP contribution in [0.4, 0.5) is 5.69 Å². The number of amides is 2. The summed E-state index contributed by atoms with van der Waals surface area (Å²) in [6, 6.07) is 5.32. The Labute approximate surface area is 154 Å². The van der Waals surface area contributed by atoms with E-state index in [2.05, 4.69) is 10.1 Å². The van der Waals surface area contributed by atoms with Crippen molar-refractivity contribution in [1.29, 1.82) is 0 Å². The fourth-order valence-corrected chi connectivity index (χ4v) is 4.01. The maximum absolute atomic E-state index is 13.0. The lowest BCUT2D eigenvalue weighted by Gasteiger charge is -2.30. The molecule has 2 aromatic heterocycles. The lowest BCUT2D eigenvalue weighted by atomic mass is 9.95. The molecule has 1 aliphatic rings. The van der Waals surface area contributed by atoms with Crippen LogP contribution in [0.25, 0.3) is 10.6 Å². The van der Waals surface area contributed by atoms with Gasteiger partial charge in [0.25, 0.3) is 5.91 Å². The van der Waals surface area contributed by atoms with E-state index in [-0.39, 0.29) is 5.91 Å². The quantitative estimate of drug-likeness (QED) is 0.768. The molecule has 4 rings (SSSR count). The molecule has 0 radical (unpaired) electrons. The molecule has 7 nitrogen and oxygen atoms in total. The van der Waals surface area contributed by atoms with Gasteiger partial charge in [-0.15, -0.1) is 11.3 Å². The maximum Gasteiger partial charge on any atom is 0.277 e. The minimum Gasteiger partial charge on any atom is -0.366 e. The molecule has 1 aromatic carbocycles. The fourth-order valence-electron chi connectivity index (χ4n) is 3.24. The zero-order valence-corrected chi connectivity index (χ0v) is 15.0. The first-order chi connectivity index (χ1) is 12.5. The minimum atomic E-state index is -0.469. The Morgan fingerprint density at radius 3 is 2.88 bits per heavy atom. The van der Waals surface area contributed by atoms with Crippen LogP contribution in [0.15, 0.2) is 36.0 Å². The van der Waals surface area contributed by atoms with Crippen molar-refractivity contribution in [2.45, 2.75) is 12.8 Å². The zero-order chi connectivity index (χ0) is 18.3. The van der Waals surface area contributed by atoms with Crippen molar-refractivity contribution in [1.82, 2.24) is 14.8 Å². The van der Waals surface area contributed by atoms with Gasteiger partial charge in [0, 0.05) is 42.0 Å². The molecule has 1 aliphatic heterocycles. The van der Waals surface area contributed by atoms with E-state index in [1.807, 2.05) is 19.3 Å². The second-order valence-corrected chi connectivity index (χ2v) is 7.03. The number of carbonyl (C=O) groups is 2. The summed E-state index contributed by atoms with van der Waals surface area (Å²) in [5.41, 5.74) is 8.82. The number of primary amides is 1. The number of hydrogen-bond donors (Lipinski definition) is 1. The number of thiazole rings is 1. The minimum absolute atomic E-state index is 0.168. The molecule has 0 saturated carbocycles. The normalized spacial score (nSPS) is 13.5. The highest BCUT2D eigenvalue weighted by atomic mass is 32.1. The van der Waals surface area contributed by atoms with Gasteiger partial charge >= 0.3 is 0 Å². The van der Waals surface area contributed by atoms with E-state index in [0.29, 0.717) is 17.8 Å². The number of aryl methyl sites for hydroxylation is 1. The van der Waals surface area contributed by atoms with Crippen LogP contribution in [0.3, 0.4) is 0 Å². The van der Waals surface area contributed by atoms with E-state index in [1.165, 1.54) is 11.3 Å². The first kappa shape index (κ1) is 16.5. The molecule has 0 aliphatic carbocycles. The predicted octanol–water partition coefficient (Wildman–Crippen LogP) is 2.24. The number of fused-ring (bicyclic) bond motifs is 1. The molecule has 8 heteroatoms. The third-order valence-corrected chi connectivity index (χ3v) is 5.33. The van der Waals surface area contributed by atoms with E-state index in [9.17, 15) is 9.59 Å². The number of nitrogens with zero attached hydrogens (tertiary/aromatic N) is 4. The standard InChI is InChI=1S/C18H17N5O2S/c1-22-9-11(8-20-22)17-21-14(10-26-17)18(25)23-7-3-5-12-13(16(19)24)4-2-6-15(12)23/h2,4,6,8-10H,3,5,7H2,1H3,(H2,19,24). The molecule has 3 aromatic rings. The lowest BCUT2D eigenvalue weighted by Crippen LogP contribution is -2.36. The highest BCUT2D eigenvalue weighted by molar-refractivity contribution is 7.13. The number of nitrogens with two attached hydrogens (primary N) is 1. The Hall–Kier alpha value is -3.00. The van der Waals surface area contributed by atoms with E-state index >= 15 is 0 Å². The van der Waals surface area contributed by atoms with E-state index in [4.69, 9.17) is 5.73 Å². The topological polar surface area (TPSA) is 94.1 Å². The molecule has 0 fully saturated rings. The highest BCUT2D eigenvalue weighted by Crippen LogP contribution is 2.32. The fraction of sp³-hybridized carbons (Fsp3) is 0.222. The van der Waals surface area contributed by atoms with Gasteiger partial charge in [-0.2, -0.15) is 5.10 Å². The summed E-state index contributed by atoms with van der Waals surface area (Å²) in [5, 5.41) is 6.65. The van der Waals surface area contributed by atoms with Crippen LogP contribution in [0.1, 0.15) is 32.8 Å². The van der Waals surface area contributed by atoms with Crippen LogP contribution < -0.4 is 10.6 Å². The van der Waals surface area contributed by atoms with E-state index in [1.54, 1.807) is 33.3 Å². The summed E-state index contributed by atoms with van der Waals surface area (Å²) < 4.78 is 1.70. The zero-order valence-electron chi connectivity index (χ0n) is 14.2. The van der Waals surface area contributed by atoms with Gasteiger partial charge in [-0.25, -0.2) is 4.98 Å². The van der Waals surface area contributed by atoms with Crippen LogP contribution in [0, 0.1) is 0 Å². The van der Waals surface area contributed by atoms with Gasteiger partial charge in [-0.05, 0) is 30.5 Å². The number of aromatic nitrogens is 3. The van der Waals surface area contributed by atoms with E-state index < -0.39 is 5.91 Å². The third-order valence-electron chi connectivity index (χ3n) is 4.44. The number of carbonyl (C=O) groups excluding carboxylic acids is 2. The first-order valence-electron chi connectivity index (χ1n) is 8.22. The van der Waals surface area contributed by atoms with Gasteiger partial charge in [0.1, 0.15) is 10.7 Å². The molecule has 132 valence electrons. The summed E-state index contributed by atoms with van der Waals surface area (Å²) in [5.74, 6) is -0.636. The summed E-state index contributed by atoms with van der Waals surface area (Å²) in [7, 11) is 1.84. The molecule has 26 heavy (non-hydrogen) atoms. The SMILES string of the molecule is Cn1cc(-c2nc(C(=O)N3CCCc4c(C(N)=O)cccc43)cs2)cn1. The highest BCUT2D eigenvalue weighted by Gasteiger charge is 2.27. The summed E-state index contributed by atoms with van der Waals surface area (Å²) in [6.45, 7) is 0.591. The van der Waals surface area contributed by atoms with Crippen molar-refractivity contribution in [2.24, 2.45) is 12.8 Å². The molecule has 0 unspecified atom stereocenters. The number of benzene rings is 1. The van der Waals surface area contributed by atoms with Crippen molar-refractivity contribution in [3.8, 4) is 10.6 Å². The summed E-state index contributed by atoms with van der Waals surface area (Å²) in [4.78, 5) is 30.9. The Morgan fingerprint density at radius 2 is 2.15 bits per heavy atom. The lowest BCUT2D eigenvalue weighted by molar-refractivity contribution is 0.0974. The second-order valence-electron chi connectivity index (χ2n) is 6.17. The molecule has 3 heterocycles. The predicted molar refractivity (Wildman–Crippen MR) is 99.3 cm³/mol. The number of anilines is 1. The summed E-state index contributed by atoms with van der Waals surface area (Å²) in [6.07, 6.45) is 5.10. The molecule has 0 saturated heterocycles. The van der Waals surface area contributed by atoms with Crippen LogP contribution in [-0.2, 0) is 13.5 Å². The van der Waals surface area contributed by atoms with Crippen LogP contribution >= 0.6 is 11.3 Å². The molecule has 2 amide bonds.